The Morgan fingerprint density at radius 2 is 1.61 bits per heavy atom. The van der Waals surface area contributed by atoms with Gasteiger partial charge in [-0.2, -0.15) is 0 Å². The van der Waals surface area contributed by atoms with E-state index in [4.69, 9.17) is 35.3 Å². The number of allylic oxidation sites excluding steroid dienone is 1. The predicted molar refractivity (Wildman–Crippen MR) is 152 cm³/mol. The van der Waals surface area contributed by atoms with Crippen LogP contribution >= 0.6 is 11.6 Å². The summed E-state index contributed by atoms with van der Waals surface area (Å²) in [5, 5.41) is 0. The fourth-order valence-corrected chi connectivity index (χ4v) is 4.07. The largest absolute Gasteiger partial charge is 0.491 e. The molecule has 0 spiro atoms. The molecular formula is C31H43ClO6. The van der Waals surface area contributed by atoms with Gasteiger partial charge in [0.15, 0.2) is 6.10 Å². The topological polar surface area (TPSA) is 63.2 Å². The molecule has 0 aromatic heterocycles. The molecule has 2 aromatic rings. The summed E-state index contributed by atoms with van der Waals surface area (Å²) in [7, 11) is 0. The third kappa shape index (κ3) is 10.2. The maximum absolute atomic E-state index is 11.5. The van der Waals surface area contributed by atoms with Crippen LogP contribution in [0, 0.1) is 6.92 Å². The predicted octanol–water partition coefficient (Wildman–Crippen LogP) is 6.98. The number of esters is 1. The van der Waals surface area contributed by atoms with E-state index in [-0.39, 0.29) is 24.1 Å². The average molecular weight is 547 g/mol. The molecule has 0 unspecified atom stereocenters. The van der Waals surface area contributed by atoms with Crippen molar-refractivity contribution in [2.75, 3.05) is 32.3 Å². The van der Waals surface area contributed by atoms with Gasteiger partial charge in [-0.3, -0.25) is 4.79 Å². The van der Waals surface area contributed by atoms with Gasteiger partial charge in [0.25, 0.3) is 0 Å². The number of hydrogen-bond donors (Lipinski definition) is 0. The number of hydrogen-bond acceptors (Lipinski definition) is 6. The Balaban J connectivity index is 2.02. The first-order chi connectivity index (χ1) is 18.1. The van der Waals surface area contributed by atoms with Crippen LogP contribution in [0.2, 0.25) is 0 Å². The molecule has 0 N–H and O–H groups in total. The number of aryl methyl sites for hydroxylation is 1. The number of benzene rings is 2. The molecule has 0 amide bonds. The van der Waals surface area contributed by atoms with Crippen LogP contribution in [0.5, 0.6) is 11.5 Å². The zero-order valence-electron chi connectivity index (χ0n) is 23.7. The van der Waals surface area contributed by atoms with Crippen molar-refractivity contribution in [2.24, 2.45) is 0 Å². The van der Waals surface area contributed by atoms with Crippen LogP contribution in [-0.4, -0.2) is 50.5 Å². The van der Waals surface area contributed by atoms with Crippen LogP contribution in [0.15, 0.2) is 54.8 Å². The zero-order valence-corrected chi connectivity index (χ0v) is 24.4. The van der Waals surface area contributed by atoms with E-state index in [9.17, 15) is 4.79 Å². The summed E-state index contributed by atoms with van der Waals surface area (Å²) >= 11 is 5.99. The lowest BCUT2D eigenvalue weighted by Gasteiger charge is -2.27. The third-order valence-corrected chi connectivity index (χ3v) is 6.50. The molecule has 210 valence electrons. The van der Waals surface area contributed by atoms with Gasteiger partial charge in [0.05, 0.1) is 18.2 Å². The molecule has 0 aliphatic rings. The summed E-state index contributed by atoms with van der Waals surface area (Å²) in [6.45, 7) is 17.0. The van der Waals surface area contributed by atoms with Crippen molar-refractivity contribution in [3.8, 4) is 11.5 Å². The highest BCUT2D eigenvalue weighted by atomic mass is 35.5. The van der Waals surface area contributed by atoms with Crippen LogP contribution in [-0.2, 0) is 24.4 Å². The summed E-state index contributed by atoms with van der Waals surface area (Å²) in [5.41, 5.74) is 3.12. The molecule has 2 aromatic carbocycles. The fraction of sp³-hybridized carbons (Fsp3) is 0.516. The summed E-state index contributed by atoms with van der Waals surface area (Å²) in [5.74, 6) is 2.11. The molecule has 0 heterocycles. The number of rotatable bonds is 17. The quantitative estimate of drug-likeness (QED) is 0.0922. The van der Waals surface area contributed by atoms with E-state index >= 15 is 0 Å². The van der Waals surface area contributed by atoms with Crippen LogP contribution in [0.25, 0.3) is 0 Å². The monoisotopic (exact) mass is 546 g/mol. The molecule has 0 aliphatic carbocycles. The Labute approximate surface area is 233 Å². The van der Waals surface area contributed by atoms with Gasteiger partial charge >= 0.3 is 5.97 Å². The lowest BCUT2D eigenvalue weighted by atomic mass is 9.77. The van der Waals surface area contributed by atoms with Gasteiger partial charge in [0.2, 0.25) is 0 Å². The number of carbonyl (C=O) groups excluding carboxylic acids is 1. The van der Waals surface area contributed by atoms with Crippen LogP contribution in [0.3, 0.4) is 0 Å². The second kappa shape index (κ2) is 15.6. The van der Waals surface area contributed by atoms with Gasteiger partial charge < -0.3 is 23.7 Å². The molecule has 0 saturated heterocycles. The SMILES string of the molecule is C=C(C)O[C@@H](CCl)COc1ccc(C(C)(C)c2ccc(OC[C@H](COCCCC)OC(C)=O)cc2)cc1C. The Hall–Kier alpha value is -2.70. The van der Waals surface area contributed by atoms with Gasteiger partial charge in [-0.05, 0) is 55.2 Å². The van der Waals surface area contributed by atoms with Crippen molar-refractivity contribution >= 4 is 17.6 Å². The van der Waals surface area contributed by atoms with E-state index in [1.807, 2.05) is 25.1 Å². The molecule has 0 aliphatic heterocycles. The fourth-order valence-electron chi connectivity index (χ4n) is 3.91. The van der Waals surface area contributed by atoms with Crippen molar-refractivity contribution in [1.82, 2.24) is 0 Å². The summed E-state index contributed by atoms with van der Waals surface area (Å²) in [4.78, 5) is 11.5. The van der Waals surface area contributed by atoms with Gasteiger partial charge in [-0.1, -0.05) is 58.0 Å². The lowest BCUT2D eigenvalue weighted by Crippen LogP contribution is -2.29. The Kier molecular flexibility index (Phi) is 13.0. The summed E-state index contributed by atoms with van der Waals surface area (Å²) in [6.07, 6.45) is 1.33. The first kappa shape index (κ1) is 31.5. The highest BCUT2D eigenvalue weighted by Crippen LogP contribution is 2.35. The third-order valence-electron chi connectivity index (χ3n) is 6.15. The number of alkyl halides is 1. The van der Waals surface area contributed by atoms with E-state index in [1.54, 1.807) is 6.92 Å². The van der Waals surface area contributed by atoms with Crippen molar-refractivity contribution in [1.29, 1.82) is 0 Å². The first-order valence-electron chi connectivity index (χ1n) is 13.2. The molecule has 7 heteroatoms. The van der Waals surface area contributed by atoms with E-state index in [0.29, 0.717) is 37.2 Å². The molecule has 0 bridgehead atoms. The minimum atomic E-state index is -0.448. The molecular weight excluding hydrogens is 504 g/mol. The van der Waals surface area contributed by atoms with Gasteiger partial charge in [-0.15, -0.1) is 11.6 Å². The Morgan fingerprint density at radius 1 is 0.947 bits per heavy atom. The maximum Gasteiger partial charge on any atom is 0.303 e. The van der Waals surface area contributed by atoms with E-state index in [1.165, 1.54) is 12.5 Å². The van der Waals surface area contributed by atoms with Crippen molar-refractivity contribution in [2.45, 2.75) is 72.0 Å². The van der Waals surface area contributed by atoms with Gasteiger partial charge in [0.1, 0.15) is 30.8 Å². The smallest absolute Gasteiger partial charge is 0.303 e. The summed E-state index contributed by atoms with van der Waals surface area (Å²) in [6, 6.07) is 14.2. The van der Waals surface area contributed by atoms with E-state index in [0.717, 1.165) is 29.7 Å². The number of unbranched alkanes of at least 4 members (excludes halogenated alkanes) is 1. The van der Waals surface area contributed by atoms with Crippen LogP contribution in [0.4, 0.5) is 0 Å². The molecule has 2 atom stereocenters. The first-order valence-corrected chi connectivity index (χ1v) is 13.7. The summed E-state index contributed by atoms with van der Waals surface area (Å²) < 4.78 is 28.5. The standard InChI is InChI=1S/C31H43ClO6/c1-8-9-16-34-19-29(38-24(5)33)21-35-27-13-10-25(11-14-27)31(6,7)26-12-15-30(23(4)17-26)36-20-28(18-32)37-22(2)3/h10-15,17,28-29H,2,8-9,16,18-21H2,1,3-7H3/t28-,29-/m0/s1. The lowest BCUT2D eigenvalue weighted by molar-refractivity contribution is -0.151. The Bertz CT molecular complexity index is 1020. The molecule has 6 nitrogen and oxygen atoms in total. The number of carbonyl (C=O) groups is 1. The van der Waals surface area contributed by atoms with Gasteiger partial charge in [0, 0.05) is 18.9 Å². The maximum atomic E-state index is 11.5. The number of ether oxygens (including phenoxy) is 5. The van der Waals surface area contributed by atoms with Crippen molar-refractivity contribution in [3.05, 3.63) is 71.5 Å². The Morgan fingerprint density at radius 3 is 2.18 bits per heavy atom. The van der Waals surface area contributed by atoms with Gasteiger partial charge in [-0.25, -0.2) is 0 Å². The minimum absolute atomic E-state index is 0.233. The molecule has 38 heavy (non-hydrogen) atoms. The highest BCUT2D eigenvalue weighted by Gasteiger charge is 2.24. The van der Waals surface area contributed by atoms with Crippen molar-refractivity contribution in [3.63, 3.8) is 0 Å². The minimum Gasteiger partial charge on any atom is -0.491 e. The molecule has 0 radical (unpaired) electrons. The van der Waals surface area contributed by atoms with Crippen molar-refractivity contribution < 1.29 is 28.5 Å². The van der Waals surface area contributed by atoms with Crippen LogP contribution < -0.4 is 9.47 Å². The molecule has 0 saturated carbocycles. The second-order valence-corrected chi connectivity index (χ2v) is 10.3. The molecule has 0 fully saturated rings. The molecule has 2 rings (SSSR count). The van der Waals surface area contributed by atoms with Crippen LogP contribution in [0.1, 0.15) is 64.2 Å². The van der Waals surface area contributed by atoms with E-state index < -0.39 is 6.10 Å². The normalized spacial score (nSPS) is 12.9. The zero-order chi connectivity index (χ0) is 28.1. The van der Waals surface area contributed by atoms with E-state index in [2.05, 4.69) is 51.6 Å². The second-order valence-electron chi connectivity index (χ2n) is 10.0. The number of halogens is 1. The average Bonchev–Trinajstić information content (AvgIpc) is 2.87. The highest BCUT2D eigenvalue weighted by molar-refractivity contribution is 6.18.